The van der Waals surface area contributed by atoms with Crippen molar-refractivity contribution in [2.75, 3.05) is 6.54 Å². The van der Waals surface area contributed by atoms with Gasteiger partial charge in [0.15, 0.2) is 0 Å². The molecule has 0 spiro atoms. The van der Waals surface area contributed by atoms with Gasteiger partial charge in [-0.25, -0.2) is 0 Å². The molecule has 1 aliphatic heterocycles. The lowest BCUT2D eigenvalue weighted by Crippen LogP contribution is -2.61. The molecular formula is C5H6Cl3N3O2. The molecule has 5 nitrogen and oxygen atoms in total. The van der Waals surface area contributed by atoms with Crippen molar-refractivity contribution < 1.29 is 4.92 Å². The van der Waals surface area contributed by atoms with Crippen molar-refractivity contribution in [2.45, 2.75) is 9.46 Å². The number of nitrogens with zero attached hydrogens (tertiary/aromatic N) is 1. The Morgan fingerprint density at radius 3 is 2.46 bits per heavy atom. The van der Waals surface area contributed by atoms with Crippen LogP contribution in [0.2, 0.25) is 0 Å². The molecule has 1 heterocycles. The average Bonchev–Trinajstić information content (AvgIpc) is 1.99. The van der Waals surface area contributed by atoms with Crippen molar-refractivity contribution in [1.29, 1.82) is 0 Å². The second-order valence-corrected chi connectivity index (χ2v) is 4.37. The Morgan fingerprint density at radius 1 is 1.62 bits per heavy atom. The first-order chi connectivity index (χ1) is 5.82. The molecule has 1 atom stereocenters. The van der Waals surface area contributed by atoms with Gasteiger partial charge in [-0.15, -0.1) is 0 Å². The fourth-order valence-electron chi connectivity index (χ4n) is 0.943. The average molecular weight is 246 g/mol. The summed E-state index contributed by atoms with van der Waals surface area (Å²) in [6.45, 7) is 0.237. The number of hydrogen-bond acceptors (Lipinski definition) is 4. The summed E-state index contributed by atoms with van der Waals surface area (Å²) in [4.78, 5) is 7.61. The van der Waals surface area contributed by atoms with Crippen molar-refractivity contribution in [3.05, 3.63) is 21.9 Å². The van der Waals surface area contributed by atoms with Crippen LogP contribution in [0.5, 0.6) is 0 Å². The van der Waals surface area contributed by atoms with Gasteiger partial charge in [0.2, 0.25) is 0 Å². The lowest BCUT2D eigenvalue weighted by atomic mass is 10.1. The van der Waals surface area contributed by atoms with Crippen LogP contribution in [0.4, 0.5) is 0 Å². The Hall–Kier alpha value is -0.230. The van der Waals surface area contributed by atoms with E-state index in [0.29, 0.717) is 0 Å². The molecule has 13 heavy (non-hydrogen) atoms. The highest BCUT2D eigenvalue weighted by atomic mass is 35.5. The Kier molecular flexibility index (Phi) is 2.64. The lowest BCUT2D eigenvalue weighted by Gasteiger charge is -2.33. The monoisotopic (exact) mass is 245 g/mol. The number of alkyl halides is 3. The second-order valence-electron chi connectivity index (χ2n) is 2.49. The first-order valence-electron chi connectivity index (χ1n) is 3.24. The van der Waals surface area contributed by atoms with Crippen molar-refractivity contribution in [3.63, 3.8) is 0 Å². The van der Waals surface area contributed by atoms with Crippen molar-refractivity contribution >= 4 is 34.8 Å². The van der Waals surface area contributed by atoms with E-state index in [1.165, 1.54) is 6.08 Å². The fourth-order valence-corrected chi connectivity index (χ4v) is 1.60. The van der Waals surface area contributed by atoms with Crippen LogP contribution >= 0.6 is 34.8 Å². The van der Waals surface area contributed by atoms with Crippen LogP contribution in [0, 0.1) is 10.1 Å². The maximum absolute atomic E-state index is 10.6. The van der Waals surface area contributed by atoms with Gasteiger partial charge in [0.25, 0.3) is 4.46 Å². The van der Waals surface area contributed by atoms with E-state index in [9.17, 15) is 10.1 Å². The molecule has 0 saturated carbocycles. The molecule has 0 aromatic rings. The minimum atomic E-state index is -2.21. The van der Waals surface area contributed by atoms with Gasteiger partial charge >= 0.3 is 5.00 Å². The second kappa shape index (κ2) is 3.16. The van der Waals surface area contributed by atoms with Gasteiger partial charge in [-0.05, 0) is 17.7 Å². The summed E-state index contributed by atoms with van der Waals surface area (Å²) < 4.78 is -1.91. The summed E-state index contributed by atoms with van der Waals surface area (Å²) in [5.41, 5.74) is 5.20. The maximum atomic E-state index is 10.6. The topological polar surface area (TPSA) is 81.2 Å². The van der Waals surface area contributed by atoms with E-state index in [4.69, 9.17) is 40.5 Å². The van der Waals surface area contributed by atoms with Gasteiger partial charge in [-0.2, -0.15) is 0 Å². The highest BCUT2D eigenvalue weighted by Crippen LogP contribution is 2.42. The molecule has 0 aliphatic carbocycles. The minimum Gasteiger partial charge on any atom is -0.395 e. The van der Waals surface area contributed by atoms with Gasteiger partial charge < -0.3 is 5.73 Å². The van der Waals surface area contributed by atoms with E-state index in [2.05, 4.69) is 5.32 Å². The summed E-state index contributed by atoms with van der Waals surface area (Å²) >= 11 is 16.9. The molecule has 0 fully saturated rings. The normalized spacial score (nSPS) is 32.4. The van der Waals surface area contributed by atoms with Crippen LogP contribution in [0.25, 0.3) is 0 Å². The number of nitrogens with two attached hydrogens (primary N) is 1. The molecule has 0 bridgehead atoms. The first kappa shape index (κ1) is 10.8. The van der Waals surface area contributed by atoms with Crippen LogP contribution in [0.15, 0.2) is 11.8 Å². The Balaban J connectivity index is 3.21. The van der Waals surface area contributed by atoms with E-state index in [1.807, 2.05) is 0 Å². The van der Waals surface area contributed by atoms with E-state index in [-0.39, 0.29) is 12.2 Å². The number of rotatable bonds is 1. The molecule has 0 aromatic heterocycles. The van der Waals surface area contributed by atoms with Crippen LogP contribution in [0.3, 0.4) is 0 Å². The van der Waals surface area contributed by atoms with Gasteiger partial charge in [-0.3, -0.25) is 15.4 Å². The van der Waals surface area contributed by atoms with E-state index >= 15 is 0 Å². The van der Waals surface area contributed by atoms with E-state index in [0.717, 1.165) is 0 Å². The highest BCUT2D eigenvalue weighted by Gasteiger charge is 2.63. The Bertz CT molecular complexity index is 280. The first-order valence-corrected chi connectivity index (χ1v) is 4.38. The van der Waals surface area contributed by atoms with Crippen LogP contribution in [0.1, 0.15) is 0 Å². The summed E-state index contributed by atoms with van der Waals surface area (Å²) in [5, 5.41) is 13.1. The zero-order chi connectivity index (χ0) is 10.3. The van der Waals surface area contributed by atoms with E-state index in [1.54, 1.807) is 0 Å². The zero-order valence-corrected chi connectivity index (χ0v) is 8.53. The third-order valence-corrected chi connectivity index (χ3v) is 3.34. The quantitative estimate of drug-likeness (QED) is 0.310. The molecule has 1 rings (SSSR count). The molecular weight excluding hydrogens is 240 g/mol. The predicted octanol–water partition coefficient (Wildman–Crippen LogP) is 0.775. The number of hydrogen-bond donors (Lipinski definition) is 2. The van der Waals surface area contributed by atoms with Gasteiger partial charge in [0, 0.05) is 6.54 Å². The van der Waals surface area contributed by atoms with Crippen LogP contribution < -0.4 is 11.1 Å². The molecule has 0 aromatic carbocycles. The summed E-state index contributed by atoms with van der Waals surface area (Å²) in [6.07, 6.45) is 1.36. The van der Waals surface area contributed by atoms with Crippen molar-refractivity contribution in [2.24, 2.45) is 5.73 Å². The predicted molar refractivity (Wildman–Crippen MR) is 50.3 cm³/mol. The maximum Gasteiger partial charge on any atom is 0.379 e. The molecule has 74 valence electrons. The lowest BCUT2D eigenvalue weighted by molar-refractivity contribution is -0.535. The molecule has 0 radical (unpaired) electrons. The van der Waals surface area contributed by atoms with Crippen molar-refractivity contribution in [3.8, 4) is 0 Å². The minimum absolute atomic E-state index is 0.164. The molecule has 3 N–H and O–H groups in total. The third kappa shape index (κ3) is 1.46. The third-order valence-electron chi connectivity index (χ3n) is 1.70. The number of nitrogens with one attached hydrogen (secondary N) is 1. The Morgan fingerprint density at radius 2 is 2.15 bits per heavy atom. The SMILES string of the molecule is NC1=CCNC(Cl)(Cl)C1(Cl)[N+](=O)[O-]. The highest BCUT2D eigenvalue weighted by molar-refractivity contribution is 6.53. The van der Waals surface area contributed by atoms with Crippen LogP contribution in [-0.4, -0.2) is 20.9 Å². The smallest absolute Gasteiger partial charge is 0.379 e. The molecule has 1 unspecified atom stereocenters. The fraction of sp³-hybridized carbons (Fsp3) is 0.600. The molecule has 0 amide bonds. The van der Waals surface area contributed by atoms with Crippen molar-refractivity contribution in [1.82, 2.24) is 5.32 Å². The summed E-state index contributed by atoms with van der Waals surface area (Å²) in [5.74, 6) is 0. The Labute approximate surface area is 89.0 Å². The van der Waals surface area contributed by atoms with Gasteiger partial charge in [-0.1, -0.05) is 23.2 Å². The number of halogens is 3. The summed E-state index contributed by atoms with van der Waals surface area (Å²) in [7, 11) is 0. The largest absolute Gasteiger partial charge is 0.395 e. The molecule has 0 saturated heterocycles. The van der Waals surface area contributed by atoms with E-state index < -0.39 is 14.4 Å². The van der Waals surface area contributed by atoms with Crippen LogP contribution in [-0.2, 0) is 0 Å². The van der Waals surface area contributed by atoms with Gasteiger partial charge in [0.1, 0.15) is 5.70 Å². The molecule has 1 aliphatic rings. The zero-order valence-electron chi connectivity index (χ0n) is 6.26. The summed E-state index contributed by atoms with van der Waals surface area (Å²) in [6, 6.07) is 0. The standard InChI is InChI=1S/C5H6Cl3N3O2/c6-4(11(12)13)3(9)1-2-10-5(4,7)8/h1,10H,2,9H2. The number of nitro groups is 1. The molecule has 8 heteroatoms. The van der Waals surface area contributed by atoms with Gasteiger partial charge in [0.05, 0.1) is 4.92 Å².